The summed E-state index contributed by atoms with van der Waals surface area (Å²) in [5, 5.41) is 0. The van der Waals surface area contributed by atoms with E-state index in [0.717, 1.165) is 24.3 Å². The number of carbonyl (C=O) groups is 2. The van der Waals surface area contributed by atoms with Crippen LogP contribution in [0.3, 0.4) is 0 Å². The van der Waals surface area contributed by atoms with Crippen LogP contribution in [-0.4, -0.2) is 30.9 Å². The van der Waals surface area contributed by atoms with E-state index in [0.29, 0.717) is 18.1 Å². The van der Waals surface area contributed by atoms with Crippen molar-refractivity contribution in [1.82, 2.24) is 10.9 Å². The lowest BCUT2D eigenvalue weighted by atomic mass is 10.2. The van der Waals surface area contributed by atoms with Crippen LogP contribution in [0, 0.1) is 0 Å². The first kappa shape index (κ1) is 21.9. The van der Waals surface area contributed by atoms with Crippen molar-refractivity contribution in [3.05, 3.63) is 54.1 Å². The van der Waals surface area contributed by atoms with Crippen molar-refractivity contribution in [1.29, 1.82) is 0 Å². The maximum Gasteiger partial charge on any atom is 0.573 e. The van der Waals surface area contributed by atoms with Gasteiger partial charge >= 0.3 is 6.36 Å². The Kier molecular flexibility index (Phi) is 7.29. The average molecular weight is 412 g/mol. The predicted molar refractivity (Wildman–Crippen MR) is 96.4 cm³/mol. The van der Waals surface area contributed by atoms with Gasteiger partial charge in [0, 0.05) is 5.56 Å². The molecule has 2 amide bonds. The van der Waals surface area contributed by atoms with E-state index in [-0.39, 0.29) is 5.56 Å². The summed E-state index contributed by atoms with van der Waals surface area (Å²) in [5.41, 5.74) is 4.37. The van der Waals surface area contributed by atoms with E-state index in [1.165, 1.54) is 6.92 Å². The van der Waals surface area contributed by atoms with Crippen LogP contribution in [0.2, 0.25) is 0 Å². The van der Waals surface area contributed by atoms with Gasteiger partial charge in [-0.3, -0.25) is 20.4 Å². The third kappa shape index (κ3) is 7.24. The summed E-state index contributed by atoms with van der Waals surface area (Å²) in [6, 6.07) is 10.9. The smallest absolute Gasteiger partial charge is 0.494 e. The lowest BCUT2D eigenvalue weighted by molar-refractivity contribution is -0.274. The molecule has 0 fully saturated rings. The van der Waals surface area contributed by atoms with Crippen LogP contribution in [0.1, 0.15) is 24.2 Å². The fraction of sp³-hybridized carbons (Fsp3) is 0.263. The van der Waals surface area contributed by atoms with Crippen molar-refractivity contribution in [2.75, 3.05) is 6.61 Å². The highest BCUT2D eigenvalue weighted by Gasteiger charge is 2.31. The van der Waals surface area contributed by atoms with E-state index < -0.39 is 30.0 Å². The lowest BCUT2D eigenvalue weighted by Crippen LogP contribution is -2.47. The molecule has 156 valence electrons. The minimum atomic E-state index is -4.82. The molecule has 0 saturated heterocycles. The molecule has 2 aromatic rings. The molecule has 10 heteroatoms. The molecule has 0 spiro atoms. The number of ether oxygens (including phenoxy) is 3. The molecular weight excluding hydrogens is 393 g/mol. The third-order valence-electron chi connectivity index (χ3n) is 3.47. The van der Waals surface area contributed by atoms with Crippen molar-refractivity contribution in [3.63, 3.8) is 0 Å². The molecule has 2 aromatic carbocycles. The van der Waals surface area contributed by atoms with Crippen molar-refractivity contribution in [3.8, 4) is 17.2 Å². The molecule has 0 aliphatic rings. The molecule has 0 heterocycles. The van der Waals surface area contributed by atoms with Crippen LogP contribution in [0.4, 0.5) is 13.2 Å². The highest BCUT2D eigenvalue weighted by molar-refractivity contribution is 5.95. The summed E-state index contributed by atoms with van der Waals surface area (Å²) in [4.78, 5) is 24.0. The third-order valence-corrected chi connectivity index (χ3v) is 3.47. The summed E-state index contributed by atoms with van der Waals surface area (Å²) in [6.07, 6.45) is -5.74. The van der Waals surface area contributed by atoms with Gasteiger partial charge in [-0.05, 0) is 62.4 Å². The van der Waals surface area contributed by atoms with Gasteiger partial charge in [-0.2, -0.15) is 0 Å². The molecule has 2 rings (SSSR count). The Morgan fingerprint density at radius 2 is 1.48 bits per heavy atom. The van der Waals surface area contributed by atoms with E-state index in [1.807, 2.05) is 6.92 Å². The van der Waals surface area contributed by atoms with Crippen molar-refractivity contribution < 1.29 is 37.0 Å². The first-order valence-electron chi connectivity index (χ1n) is 8.53. The van der Waals surface area contributed by atoms with Gasteiger partial charge in [0.1, 0.15) is 17.2 Å². The number of amides is 2. The number of hydrogen-bond donors (Lipinski definition) is 2. The molecule has 0 aromatic heterocycles. The molecule has 7 nitrogen and oxygen atoms in total. The van der Waals surface area contributed by atoms with Crippen LogP contribution in [0.15, 0.2) is 48.5 Å². The number of hydrogen-bond acceptors (Lipinski definition) is 5. The molecule has 2 N–H and O–H groups in total. The first-order chi connectivity index (χ1) is 13.7. The second kappa shape index (κ2) is 9.67. The number of halogens is 3. The van der Waals surface area contributed by atoms with E-state index in [2.05, 4.69) is 15.6 Å². The molecule has 0 radical (unpaired) electrons. The summed E-state index contributed by atoms with van der Waals surface area (Å²) in [5.74, 6) is -0.705. The predicted octanol–water partition coefficient (Wildman–Crippen LogP) is 3.21. The van der Waals surface area contributed by atoms with Gasteiger partial charge < -0.3 is 14.2 Å². The largest absolute Gasteiger partial charge is 0.573 e. The number of alkyl halides is 3. The monoisotopic (exact) mass is 412 g/mol. The molecule has 0 aliphatic heterocycles. The zero-order valence-electron chi connectivity index (χ0n) is 15.6. The highest BCUT2D eigenvalue weighted by Crippen LogP contribution is 2.22. The maximum atomic E-state index is 12.1. The summed E-state index contributed by atoms with van der Waals surface area (Å²) in [6.45, 7) is 3.87. The lowest BCUT2D eigenvalue weighted by Gasteiger charge is -2.15. The van der Waals surface area contributed by atoms with Crippen molar-refractivity contribution >= 4 is 11.8 Å². The standard InChI is InChI=1S/C19H19F3N2O5/c1-3-27-14-8-10-15(11-9-14)28-12(2)17(25)23-24-18(26)13-4-6-16(7-5-13)29-19(20,21)22/h4-12H,3H2,1-2H3,(H,23,25)(H,24,26)/t12-/m1/s1. The molecule has 0 aliphatic carbocycles. The first-order valence-corrected chi connectivity index (χ1v) is 8.53. The van der Waals surface area contributed by atoms with Gasteiger partial charge in [0.2, 0.25) is 0 Å². The number of nitrogens with one attached hydrogen (secondary N) is 2. The summed E-state index contributed by atoms with van der Waals surface area (Å²) in [7, 11) is 0. The van der Waals surface area contributed by atoms with E-state index in [9.17, 15) is 22.8 Å². The minimum Gasteiger partial charge on any atom is -0.494 e. The Hall–Kier alpha value is -3.43. The number of rotatable bonds is 7. The Labute approximate surface area is 164 Å². The number of hydrazine groups is 1. The van der Waals surface area contributed by atoms with Gasteiger partial charge in [0.15, 0.2) is 6.10 Å². The fourth-order valence-corrected chi connectivity index (χ4v) is 2.14. The Bertz CT molecular complexity index is 823. The second-order valence-electron chi connectivity index (χ2n) is 5.68. The molecule has 29 heavy (non-hydrogen) atoms. The summed E-state index contributed by atoms with van der Waals surface area (Å²) < 4.78 is 50.9. The Balaban J connectivity index is 1.83. The molecule has 1 atom stereocenters. The van der Waals surface area contributed by atoms with Crippen LogP contribution in [0.25, 0.3) is 0 Å². The minimum absolute atomic E-state index is 0.0277. The summed E-state index contributed by atoms with van der Waals surface area (Å²) >= 11 is 0. The van der Waals surface area contributed by atoms with Crippen LogP contribution in [0.5, 0.6) is 17.2 Å². The average Bonchev–Trinajstić information content (AvgIpc) is 2.67. The second-order valence-corrected chi connectivity index (χ2v) is 5.68. The highest BCUT2D eigenvalue weighted by atomic mass is 19.4. The quantitative estimate of drug-likeness (QED) is 0.682. The molecular formula is C19H19F3N2O5. The van der Waals surface area contributed by atoms with Crippen LogP contribution >= 0.6 is 0 Å². The van der Waals surface area contributed by atoms with Crippen LogP contribution in [-0.2, 0) is 4.79 Å². The molecule has 0 saturated carbocycles. The Morgan fingerprint density at radius 1 is 0.931 bits per heavy atom. The van der Waals surface area contributed by atoms with E-state index in [1.54, 1.807) is 24.3 Å². The van der Waals surface area contributed by atoms with Gasteiger partial charge in [-0.1, -0.05) is 0 Å². The van der Waals surface area contributed by atoms with E-state index >= 15 is 0 Å². The maximum absolute atomic E-state index is 12.1. The van der Waals surface area contributed by atoms with Gasteiger partial charge in [0.05, 0.1) is 6.61 Å². The Morgan fingerprint density at radius 3 is 2.03 bits per heavy atom. The van der Waals surface area contributed by atoms with Gasteiger partial charge in [-0.15, -0.1) is 13.2 Å². The normalized spacial score (nSPS) is 11.9. The topological polar surface area (TPSA) is 85.9 Å². The zero-order valence-corrected chi connectivity index (χ0v) is 15.6. The van der Waals surface area contributed by atoms with Crippen LogP contribution < -0.4 is 25.1 Å². The number of carbonyl (C=O) groups excluding carboxylic acids is 2. The fourth-order valence-electron chi connectivity index (χ4n) is 2.14. The van der Waals surface area contributed by atoms with E-state index in [4.69, 9.17) is 9.47 Å². The van der Waals surface area contributed by atoms with Gasteiger partial charge in [0.25, 0.3) is 11.8 Å². The molecule has 0 unspecified atom stereocenters. The number of benzene rings is 2. The SMILES string of the molecule is CCOc1ccc(O[C@H](C)C(=O)NNC(=O)c2ccc(OC(F)(F)F)cc2)cc1. The van der Waals surface area contributed by atoms with Gasteiger partial charge in [-0.25, -0.2) is 0 Å². The van der Waals surface area contributed by atoms with Crippen molar-refractivity contribution in [2.45, 2.75) is 26.3 Å². The van der Waals surface area contributed by atoms with Crippen molar-refractivity contribution in [2.24, 2.45) is 0 Å². The zero-order chi connectivity index (χ0) is 21.4. The molecule has 0 bridgehead atoms.